The second kappa shape index (κ2) is 7.73. The lowest BCUT2D eigenvalue weighted by molar-refractivity contribution is 0.0348. The van der Waals surface area contributed by atoms with E-state index in [-0.39, 0.29) is 29.1 Å². The highest BCUT2D eigenvalue weighted by Crippen LogP contribution is 2.42. The van der Waals surface area contributed by atoms with Crippen LogP contribution in [-0.4, -0.2) is 22.8 Å². The number of rotatable bonds is 4. The van der Waals surface area contributed by atoms with Gasteiger partial charge >= 0.3 is 0 Å². The van der Waals surface area contributed by atoms with Crippen molar-refractivity contribution >= 4 is 17.5 Å². The van der Waals surface area contributed by atoms with E-state index in [9.17, 15) is 9.59 Å². The van der Waals surface area contributed by atoms with Gasteiger partial charge in [-0.3, -0.25) is 14.5 Å². The molecule has 2 fully saturated rings. The summed E-state index contributed by atoms with van der Waals surface area (Å²) in [6, 6.07) is 4.97. The molecular formula is C21H26N4O2. The van der Waals surface area contributed by atoms with Gasteiger partial charge in [-0.05, 0) is 49.1 Å². The van der Waals surface area contributed by atoms with Crippen molar-refractivity contribution < 1.29 is 9.59 Å². The van der Waals surface area contributed by atoms with Crippen LogP contribution < -0.4 is 0 Å². The van der Waals surface area contributed by atoms with E-state index in [1.807, 2.05) is 0 Å². The average Bonchev–Trinajstić information content (AvgIpc) is 2.96. The summed E-state index contributed by atoms with van der Waals surface area (Å²) in [5.74, 6) is 0.323. The van der Waals surface area contributed by atoms with Crippen LogP contribution in [0.25, 0.3) is 10.4 Å². The number of fused-ring (bicyclic) bond motifs is 1. The van der Waals surface area contributed by atoms with Gasteiger partial charge in [-0.25, -0.2) is 0 Å². The third-order valence-corrected chi connectivity index (χ3v) is 6.64. The van der Waals surface area contributed by atoms with Gasteiger partial charge in [0.15, 0.2) is 0 Å². The monoisotopic (exact) mass is 366 g/mol. The van der Waals surface area contributed by atoms with Crippen molar-refractivity contribution in [1.29, 1.82) is 0 Å². The summed E-state index contributed by atoms with van der Waals surface area (Å²) < 4.78 is 0. The average molecular weight is 366 g/mol. The Bertz CT molecular complexity index is 769. The minimum atomic E-state index is -0.265. The molecule has 27 heavy (non-hydrogen) atoms. The fourth-order valence-corrected chi connectivity index (χ4v) is 5.45. The Kier molecular flexibility index (Phi) is 5.17. The van der Waals surface area contributed by atoms with Gasteiger partial charge in [-0.2, -0.15) is 0 Å². The fraction of sp³-hybridized carbons (Fsp3) is 0.619. The van der Waals surface area contributed by atoms with Crippen molar-refractivity contribution in [2.45, 2.75) is 70.3 Å². The number of benzene rings is 1. The first-order valence-corrected chi connectivity index (χ1v) is 10.3. The van der Waals surface area contributed by atoms with E-state index in [0.717, 1.165) is 25.7 Å². The molecule has 1 heterocycles. The molecule has 6 heteroatoms. The minimum absolute atomic E-state index is 0.0167. The fourth-order valence-electron chi connectivity index (χ4n) is 5.45. The summed E-state index contributed by atoms with van der Waals surface area (Å²) >= 11 is 0. The molecule has 0 saturated heterocycles. The predicted octanol–water partition coefficient (Wildman–Crippen LogP) is 5.75. The molecule has 2 saturated carbocycles. The van der Waals surface area contributed by atoms with E-state index in [0.29, 0.717) is 17.4 Å². The zero-order valence-electron chi connectivity index (χ0n) is 15.6. The number of hydrogen-bond acceptors (Lipinski definition) is 3. The highest BCUT2D eigenvalue weighted by Gasteiger charge is 2.46. The van der Waals surface area contributed by atoms with E-state index in [1.165, 1.54) is 38.5 Å². The summed E-state index contributed by atoms with van der Waals surface area (Å²) in [7, 11) is 0. The Morgan fingerprint density at radius 2 is 1.52 bits per heavy atom. The van der Waals surface area contributed by atoms with Crippen molar-refractivity contribution in [1.82, 2.24) is 4.90 Å². The molecule has 6 nitrogen and oxygen atoms in total. The maximum absolute atomic E-state index is 13.4. The minimum Gasteiger partial charge on any atom is -0.271 e. The van der Waals surface area contributed by atoms with Gasteiger partial charge in [0.25, 0.3) is 11.8 Å². The Hall–Kier alpha value is -2.33. The Balaban J connectivity index is 1.73. The van der Waals surface area contributed by atoms with Gasteiger partial charge in [-0.15, -0.1) is 0 Å². The van der Waals surface area contributed by atoms with Crippen molar-refractivity contribution in [2.75, 3.05) is 0 Å². The SMILES string of the molecule is [N-]=[N+]=Nc1cccc2c1C(=O)N(C(C1CCCCC1)C1CCCCC1)C2=O. The van der Waals surface area contributed by atoms with Crippen LogP contribution in [0.4, 0.5) is 5.69 Å². The third kappa shape index (κ3) is 3.23. The number of carbonyl (C=O) groups is 2. The smallest absolute Gasteiger partial charge is 0.262 e. The molecule has 1 aliphatic heterocycles. The number of hydrogen-bond donors (Lipinski definition) is 0. The predicted molar refractivity (Wildman–Crippen MR) is 103 cm³/mol. The van der Waals surface area contributed by atoms with Gasteiger partial charge in [0.05, 0.1) is 16.8 Å². The molecule has 4 rings (SSSR count). The summed E-state index contributed by atoms with van der Waals surface area (Å²) in [5, 5.41) is 3.66. The number of carbonyl (C=O) groups excluding carboxylic acids is 2. The zero-order chi connectivity index (χ0) is 18.8. The topological polar surface area (TPSA) is 86.1 Å². The Morgan fingerprint density at radius 3 is 2.07 bits per heavy atom. The van der Waals surface area contributed by atoms with Crippen LogP contribution in [0.3, 0.4) is 0 Å². The molecule has 2 amide bonds. The summed E-state index contributed by atoms with van der Waals surface area (Å²) in [6.45, 7) is 0. The van der Waals surface area contributed by atoms with Crippen LogP contribution in [0.1, 0.15) is 84.9 Å². The Morgan fingerprint density at radius 1 is 0.926 bits per heavy atom. The van der Waals surface area contributed by atoms with Crippen molar-refractivity contribution in [2.24, 2.45) is 17.0 Å². The quantitative estimate of drug-likeness (QED) is 0.294. The molecule has 0 N–H and O–H groups in total. The summed E-state index contributed by atoms with van der Waals surface area (Å²) in [4.78, 5) is 31.0. The van der Waals surface area contributed by atoms with Crippen molar-refractivity contribution in [3.63, 3.8) is 0 Å². The molecule has 0 aromatic heterocycles. The van der Waals surface area contributed by atoms with Crippen LogP contribution >= 0.6 is 0 Å². The van der Waals surface area contributed by atoms with Crippen molar-refractivity contribution in [3.8, 4) is 0 Å². The molecule has 0 radical (unpaired) electrons. The molecule has 1 aromatic rings. The molecule has 3 aliphatic rings. The molecular weight excluding hydrogens is 340 g/mol. The molecule has 142 valence electrons. The van der Waals surface area contributed by atoms with Gasteiger partial charge < -0.3 is 0 Å². The molecule has 2 aliphatic carbocycles. The number of imide groups is 1. The van der Waals surface area contributed by atoms with E-state index < -0.39 is 0 Å². The lowest BCUT2D eigenvalue weighted by Gasteiger charge is -2.42. The third-order valence-electron chi connectivity index (χ3n) is 6.64. The number of amides is 2. The number of nitrogens with zero attached hydrogens (tertiary/aromatic N) is 4. The normalized spacial score (nSPS) is 21.4. The lowest BCUT2D eigenvalue weighted by atomic mass is 9.73. The van der Waals surface area contributed by atoms with E-state index in [2.05, 4.69) is 10.0 Å². The second-order valence-corrected chi connectivity index (χ2v) is 8.16. The lowest BCUT2D eigenvalue weighted by Crippen LogP contribution is -2.49. The first-order valence-electron chi connectivity index (χ1n) is 10.3. The van der Waals surface area contributed by atoms with E-state index in [1.54, 1.807) is 23.1 Å². The maximum Gasteiger partial charge on any atom is 0.262 e. The Labute approximate surface area is 159 Å². The van der Waals surface area contributed by atoms with Crippen LogP contribution in [0, 0.1) is 11.8 Å². The first kappa shape index (κ1) is 18.1. The largest absolute Gasteiger partial charge is 0.271 e. The van der Waals surface area contributed by atoms with Crippen LogP contribution in [0.5, 0.6) is 0 Å². The zero-order valence-corrected chi connectivity index (χ0v) is 15.6. The van der Waals surface area contributed by atoms with Crippen LogP contribution in [-0.2, 0) is 0 Å². The molecule has 0 atom stereocenters. The molecule has 1 aromatic carbocycles. The van der Waals surface area contributed by atoms with E-state index in [4.69, 9.17) is 5.53 Å². The second-order valence-electron chi connectivity index (χ2n) is 8.16. The first-order chi connectivity index (χ1) is 13.2. The van der Waals surface area contributed by atoms with Crippen molar-refractivity contribution in [3.05, 3.63) is 39.8 Å². The molecule has 0 unspecified atom stereocenters. The maximum atomic E-state index is 13.4. The van der Waals surface area contributed by atoms with Gasteiger partial charge in [0, 0.05) is 11.0 Å². The summed E-state index contributed by atoms with van der Waals surface area (Å²) in [5.41, 5.74) is 9.78. The molecule has 0 bridgehead atoms. The van der Waals surface area contributed by atoms with Crippen LogP contribution in [0.2, 0.25) is 0 Å². The highest BCUT2D eigenvalue weighted by atomic mass is 16.2. The van der Waals surface area contributed by atoms with E-state index >= 15 is 0 Å². The highest BCUT2D eigenvalue weighted by molar-refractivity contribution is 6.23. The standard InChI is InChI=1S/C21H26N4O2/c22-24-23-17-13-7-12-16-18(17)21(27)25(20(16)26)19(14-8-3-1-4-9-14)15-10-5-2-6-11-15/h7,12-15,19H,1-6,8-11H2. The van der Waals surface area contributed by atoms with Gasteiger partial charge in [0.1, 0.15) is 0 Å². The number of azide groups is 1. The van der Waals surface area contributed by atoms with Gasteiger partial charge in [-0.1, -0.05) is 55.8 Å². The van der Waals surface area contributed by atoms with Crippen LogP contribution in [0.15, 0.2) is 23.3 Å². The summed E-state index contributed by atoms with van der Waals surface area (Å²) in [6.07, 6.45) is 11.6. The van der Waals surface area contributed by atoms with Gasteiger partial charge in [0.2, 0.25) is 0 Å². The molecule has 0 spiro atoms.